The second kappa shape index (κ2) is 9.24. The Kier molecular flexibility index (Phi) is 6.71. The fraction of sp³-hybridized carbons (Fsp3) is 0.318. The maximum atomic E-state index is 13.0. The second-order valence-electron chi connectivity index (χ2n) is 7.15. The summed E-state index contributed by atoms with van der Waals surface area (Å²) >= 11 is 0. The molecule has 2 aromatic carbocycles. The van der Waals surface area contributed by atoms with Crippen LogP contribution in [0.4, 0.5) is 5.69 Å². The van der Waals surface area contributed by atoms with E-state index in [9.17, 15) is 13.2 Å². The summed E-state index contributed by atoms with van der Waals surface area (Å²) in [6.07, 6.45) is 3.84. The Bertz CT molecular complexity index is 982. The molecule has 1 saturated heterocycles. The van der Waals surface area contributed by atoms with Gasteiger partial charge in [0.2, 0.25) is 10.0 Å². The molecule has 1 heterocycles. The summed E-state index contributed by atoms with van der Waals surface area (Å²) in [5.41, 5.74) is 2.59. The van der Waals surface area contributed by atoms with E-state index in [2.05, 4.69) is 22.3 Å². The molecular weight excluding hydrogens is 386 g/mol. The van der Waals surface area contributed by atoms with Gasteiger partial charge in [0.05, 0.1) is 4.90 Å². The number of amides is 1. The number of hydrogen-bond acceptors (Lipinski definition) is 4. The molecule has 3 rings (SSSR count). The zero-order valence-corrected chi connectivity index (χ0v) is 17.5. The summed E-state index contributed by atoms with van der Waals surface area (Å²) in [4.78, 5) is 17.0. The summed E-state index contributed by atoms with van der Waals surface area (Å²) < 4.78 is 27.1. The fourth-order valence-electron chi connectivity index (χ4n) is 3.51. The van der Waals surface area contributed by atoms with Gasteiger partial charge in [0.1, 0.15) is 0 Å². The Labute approximate surface area is 172 Å². The lowest BCUT2D eigenvalue weighted by Gasteiger charge is -2.24. The van der Waals surface area contributed by atoms with Crippen molar-refractivity contribution in [3.8, 4) is 0 Å². The van der Waals surface area contributed by atoms with Gasteiger partial charge in [0, 0.05) is 44.5 Å². The third-order valence-corrected chi connectivity index (χ3v) is 6.42. The van der Waals surface area contributed by atoms with Gasteiger partial charge in [-0.15, -0.1) is 6.58 Å². The quantitative estimate of drug-likeness (QED) is 0.676. The van der Waals surface area contributed by atoms with Gasteiger partial charge in [-0.2, -0.15) is 0 Å². The molecule has 0 unspecified atom stereocenters. The van der Waals surface area contributed by atoms with Gasteiger partial charge < -0.3 is 9.80 Å². The lowest BCUT2D eigenvalue weighted by molar-refractivity contribution is 0.0785. The fourth-order valence-corrected chi connectivity index (χ4v) is 4.55. The zero-order valence-electron chi connectivity index (χ0n) is 16.7. The van der Waals surface area contributed by atoms with Crippen LogP contribution in [0, 0.1) is 0 Å². The van der Waals surface area contributed by atoms with Crippen LogP contribution in [0.1, 0.15) is 28.8 Å². The Morgan fingerprint density at radius 1 is 1.17 bits per heavy atom. The minimum Gasteiger partial charge on any atom is -0.371 e. The Morgan fingerprint density at radius 2 is 1.90 bits per heavy atom. The monoisotopic (exact) mass is 413 g/mol. The first-order valence-electron chi connectivity index (χ1n) is 9.71. The highest BCUT2D eigenvalue weighted by atomic mass is 32.2. The Hall–Kier alpha value is -2.64. The summed E-state index contributed by atoms with van der Waals surface area (Å²) in [6.45, 7) is 6.17. The average Bonchev–Trinajstić information content (AvgIpc) is 3.27. The van der Waals surface area contributed by atoms with Crippen LogP contribution in [-0.4, -0.2) is 45.9 Å². The molecule has 29 heavy (non-hydrogen) atoms. The normalized spacial score (nSPS) is 14.0. The van der Waals surface area contributed by atoms with Crippen LogP contribution < -0.4 is 9.62 Å². The lowest BCUT2D eigenvalue weighted by Crippen LogP contribution is -2.28. The first kappa shape index (κ1) is 21.1. The molecule has 6 nitrogen and oxygen atoms in total. The molecule has 0 spiro atoms. The number of hydrogen-bond donors (Lipinski definition) is 1. The molecule has 2 aromatic rings. The van der Waals surface area contributed by atoms with Gasteiger partial charge in [0.25, 0.3) is 5.91 Å². The number of anilines is 1. The molecule has 0 bridgehead atoms. The number of benzene rings is 2. The smallest absolute Gasteiger partial charge is 0.253 e. The molecule has 1 amide bonds. The number of carbonyl (C=O) groups excluding carboxylic acids is 1. The minimum absolute atomic E-state index is 0.0658. The number of rotatable bonds is 8. The summed E-state index contributed by atoms with van der Waals surface area (Å²) in [5.74, 6) is -0.220. The molecule has 0 aliphatic carbocycles. The standard InChI is InChI=1S/C22H27N3O3S/c1-3-13-23-29(27,28)20-11-8-10-18(16-20)22(26)24(2)17-19-9-4-5-12-21(19)25-14-6-7-15-25/h3-5,8-12,16,23H,1,6-7,13-15,17H2,2H3. The van der Waals surface area contributed by atoms with Crippen molar-refractivity contribution >= 4 is 21.6 Å². The van der Waals surface area contributed by atoms with Crippen molar-refractivity contribution < 1.29 is 13.2 Å². The second-order valence-corrected chi connectivity index (χ2v) is 8.92. The number of nitrogens with one attached hydrogen (secondary N) is 1. The van der Waals surface area contributed by atoms with Crippen molar-refractivity contribution in [3.05, 3.63) is 72.3 Å². The van der Waals surface area contributed by atoms with Crippen molar-refractivity contribution in [2.24, 2.45) is 0 Å². The number of para-hydroxylation sites is 1. The van der Waals surface area contributed by atoms with Crippen LogP contribution in [0.25, 0.3) is 0 Å². The van der Waals surface area contributed by atoms with Crippen LogP contribution in [-0.2, 0) is 16.6 Å². The van der Waals surface area contributed by atoms with E-state index in [4.69, 9.17) is 0 Å². The lowest BCUT2D eigenvalue weighted by atomic mass is 10.1. The molecule has 0 atom stereocenters. The van der Waals surface area contributed by atoms with E-state index in [1.807, 2.05) is 18.2 Å². The molecule has 1 fully saturated rings. The topological polar surface area (TPSA) is 69.7 Å². The summed E-state index contributed by atoms with van der Waals surface area (Å²) in [7, 11) is -1.94. The molecule has 0 aromatic heterocycles. The van der Waals surface area contributed by atoms with E-state index in [0.717, 1.165) is 24.3 Å². The van der Waals surface area contributed by atoms with E-state index in [-0.39, 0.29) is 17.3 Å². The van der Waals surface area contributed by atoms with Gasteiger partial charge >= 0.3 is 0 Å². The molecule has 0 saturated carbocycles. The third-order valence-electron chi connectivity index (χ3n) is 5.00. The Morgan fingerprint density at radius 3 is 2.62 bits per heavy atom. The molecule has 0 radical (unpaired) electrons. The predicted octanol–water partition coefficient (Wildman–Crippen LogP) is 3.02. The maximum absolute atomic E-state index is 13.0. The van der Waals surface area contributed by atoms with E-state index in [0.29, 0.717) is 12.1 Å². The van der Waals surface area contributed by atoms with E-state index in [1.54, 1.807) is 24.1 Å². The molecule has 1 aliphatic rings. The zero-order chi connectivity index (χ0) is 20.9. The third kappa shape index (κ3) is 5.05. The minimum atomic E-state index is -3.68. The van der Waals surface area contributed by atoms with Gasteiger partial charge in [-0.1, -0.05) is 30.3 Å². The van der Waals surface area contributed by atoms with Crippen LogP contribution >= 0.6 is 0 Å². The summed E-state index contributed by atoms with van der Waals surface area (Å²) in [6, 6.07) is 14.2. The van der Waals surface area contributed by atoms with Gasteiger partial charge in [-0.3, -0.25) is 4.79 Å². The van der Waals surface area contributed by atoms with Crippen LogP contribution in [0.5, 0.6) is 0 Å². The van der Waals surface area contributed by atoms with Crippen molar-refractivity contribution in [1.82, 2.24) is 9.62 Å². The van der Waals surface area contributed by atoms with E-state index >= 15 is 0 Å². The van der Waals surface area contributed by atoms with Crippen molar-refractivity contribution in [3.63, 3.8) is 0 Å². The van der Waals surface area contributed by atoms with Crippen LogP contribution in [0.15, 0.2) is 66.1 Å². The molecular formula is C22H27N3O3S. The highest BCUT2D eigenvalue weighted by Gasteiger charge is 2.20. The van der Waals surface area contributed by atoms with Crippen molar-refractivity contribution in [1.29, 1.82) is 0 Å². The molecule has 154 valence electrons. The molecule has 1 N–H and O–H groups in total. The van der Waals surface area contributed by atoms with Gasteiger partial charge in [-0.05, 0) is 42.7 Å². The number of sulfonamides is 1. The summed E-state index contributed by atoms with van der Waals surface area (Å²) in [5, 5.41) is 0. The highest BCUT2D eigenvalue weighted by Crippen LogP contribution is 2.26. The predicted molar refractivity (Wildman–Crippen MR) is 116 cm³/mol. The Balaban J connectivity index is 1.78. The first-order chi connectivity index (χ1) is 13.9. The van der Waals surface area contributed by atoms with Crippen molar-refractivity contribution in [2.45, 2.75) is 24.3 Å². The van der Waals surface area contributed by atoms with Crippen LogP contribution in [0.2, 0.25) is 0 Å². The van der Waals surface area contributed by atoms with E-state index < -0.39 is 10.0 Å². The number of carbonyl (C=O) groups is 1. The average molecular weight is 414 g/mol. The van der Waals surface area contributed by atoms with Crippen molar-refractivity contribution in [2.75, 3.05) is 31.6 Å². The number of nitrogens with zero attached hydrogens (tertiary/aromatic N) is 2. The van der Waals surface area contributed by atoms with Gasteiger partial charge in [0.15, 0.2) is 0 Å². The van der Waals surface area contributed by atoms with E-state index in [1.165, 1.54) is 31.1 Å². The van der Waals surface area contributed by atoms with Crippen LogP contribution in [0.3, 0.4) is 0 Å². The first-order valence-corrected chi connectivity index (χ1v) is 11.2. The molecule has 7 heteroatoms. The largest absolute Gasteiger partial charge is 0.371 e. The maximum Gasteiger partial charge on any atom is 0.253 e. The highest BCUT2D eigenvalue weighted by molar-refractivity contribution is 7.89. The SMILES string of the molecule is C=CCNS(=O)(=O)c1cccc(C(=O)N(C)Cc2ccccc2N2CCCC2)c1. The molecule has 1 aliphatic heterocycles. The van der Waals surface area contributed by atoms with Gasteiger partial charge in [-0.25, -0.2) is 13.1 Å².